The van der Waals surface area contributed by atoms with Gasteiger partial charge < -0.3 is 14.2 Å². The summed E-state index contributed by atoms with van der Waals surface area (Å²) >= 11 is 0. The van der Waals surface area contributed by atoms with Gasteiger partial charge in [-0.15, -0.1) is 0 Å². The monoisotopic (exact) mass is 1060 g/mol. The van der Waals surface area contributed by atoms with Gasteiger partial charge in [0, 0.05) is 19.3 Å². The molecule has 0 aromatic carbocycles. The van der Waals surface area contributed by atoms with Gasteiger partial charge in [0.2, 0.25) is 0 Å². The number of carbonyl (C=O) groups excluding carboxylic acids is 3. The van der Waals surface area contributed by atoms with E-state index in [0.29, 0.717) is 19.3 Å². The SMILES string of the molecule is CC/C=C\C/C=C\C/C=C\C/C=C\C/C=C\C/C=C\C/C=C\CCCCCCCCCCCC(=O)OCC(COC(=O)CCCCCCC/C=C\CCCCCC)OC(=O)CCCC/C=C\C/C=C\C/C=C\C/C=C\CC. The van der Waals surface area contributed by atoms with Gasteiger partial charge >= 0.3 is 17.9 Å². The van der Waals surface area contributed by atoms with E-state index < -0.39 is 6.10 Å². The second-order valence-corrected chi connectivity index (χ2v) is 20.2. The molecule has 0 fully saturated rings. The summed E-state index contributed by atoms with van der Waals surface area (Å²) in [6, 6.07) is 0. The second kappa shape index (κ2) is 63.8. The van der Waals surface area contributed by atoms with Crippen LogP contribution in [0.3, 0.4) is 0 Å². The van der Waals surface area contributed by atoms with Crippen molar-refractivity contribution >= 4 is 17.9 Å². The Bertz CT molecular complexity index is 1700. The predicted molar refractivity (Wildman–Crippen MR) is 334 cm³/mol. The van der Waals surface area contributed by atoms with Crippen molar-refractivity contribution in [3.63, 3.8) is 0 Å². The molecule has 0 radical (unpaired) electrons. The molecule has 0 N–H and O–H groups in total. The Morgan fingerprint density at radius 3 is 0.831 bits per heavy atom. The highest BCUT2D eigenvalue weighted by atomic mass is 16.6. The summed E-state index contributed by atoms with van der Waals surface area (Å²) in [5, 5.41) is 0. The second-order valence-electron chi connectivity index (χ2n) is 20.2. The van der Waals surface area contributed by atoms with Gasteiger partial charge in [0.25, 0.3) is 0 Å². The predicted octanol–water partition coefficient (Wildman–Crippen LogP) is 21.5. The van der Waals surface area contributed by atoms with Crippen molar-refractivity contribution in [2.45, 2.75) is 271 Å². The Balaban J connectivity index is 4.33. The Morgan fingerprint density at radius 1 is 0.273 bits per heavy atom. The van der Waals surface area contributed by atoms with E-state index in [9.17, 15) is 14.4 Å². The molecule has 0 aromatic rings. The Hall–Kier alpha value is -4.71. The van der Waals surface area contributed by atoms with Crippen molar-refractivity contribution in [3.05, 3.63) is 146 Å². The topological polar surface area (TPSA) is 78.9 Å². The van der Waals surface area contributed by atoms with Crippen molar-refractivity contribution < 1.29 is 28.6 Å². The molecule has 77 heavy (non-hydrogen) atoms. The number of ether oxygens (including phenoxy) is 3. The molecule has 0 rings (SSSR count). The fourth-order valence-electron chi connectivity index (χ4n) is 8.17. The molecule has 6 heteroatoms. The first-order valence-electron chi connectivity index (χ1n) is 31.3. The molecule has 0 saturated carbocycles. The van der Waals surface area contributed by atoms with E-state index in [2.05, 4.69) is 167 Å². The van der Waals surface area contributed by atoms with Crippen LogP contribution in [0.25, 0.3) is 0 Å². The van der Waals surface area contributed by atoms with Crippen LogP contribution in [0.4, 0.5) is 0 Å². The minimum atomic E-state index is -0.811. The molecule has 0 aromatic heterocycles. The minimum Gasteiger partial charge on any atom is -0.462 e. The van der Waals surface area contributed by atoms with E-state index in [4.69, 9.17) is 14.2 Å². The summed E-state index contributed by atoms with van der Waals surface area (Å²) in [6.45, 7) is 6.34. The number of rotatable bonds is 55. The first-order valence-corrected chi connectivity index (χ1v) is 31.3. The van der Waals surface area contributed by atoms with Crippen LogP contribution < -0.4 is 0 Å². The maximum atomic E-state index is 12.8. The fraction of sp³-hybridized carbons (Fsp3) is 0.620. The summed E-state index contributed by atoms with van der Waals surface area (Å²) < 4.78 is 16.8. The van der Waals surface area contributed by atoms with E-state index in [0.717, 1.165) is 141 Å². The average molecular weight is 1060 g/mol. The van der Waals surface area contributed by atoms with Gasteiger partial charge in [-0.25, -0.2) is 0 Å². The first kappa shape index (κ1) is 72.3. The molecular formula is C71H114O6. The molecule has 1 atom stereocenters. The lowest BCUT2D eigenvalue weighted by atomic mass is 10.1. The summed E-state index contributed by atoms with van der Waals surface area (Å²) in [5.74, 6) is -0.964. The van der Waals surface area contributed by atoms with E-state index in [-0.39, 0.29) is 37.5 Å². The third-order valence-electron chi connectivity index (χ3n) is 12.8. The van der Waals surface area contributed by atoms with Crippen molar-refractivity contribution in [1.82, 2.24) is 0 Å². The molecule has 0 aliphatic heterocycles. The molecule has 0 saturated heterocycles. The molecule has 0 aliphatic rings. The molecule has 0 spiro atoms. The average Bonchev–Trinajstić information content (AvgIpc) is 3.43. The Kier molecular flexibility index (Phi) is 59.9. The molecule has 6 nitrogen and oxygen atoms in total. The molecule has 0 aliphatic carbocycles. The van der Waals surface area contributed by atoms with Crippen LogP contribution >= 0.6 is 0 Å². The zero-order valence-electron chi connectivity index (χ0n) is 49.7. The fourth-order valence-corrected chi connectivity index (χ4v) is 8.17. The van der Waals surface area contributed by atoms with Crippen molar-refractivity contribution in [2.24, 2.45) is 0 Å². The molecule has 0 bridgehead atoms. The number of hydrogen-bond acceptors (Lipinski definition) is 6. The lowest BCUT2D eigenvalue weighted by Crippen LogP contribution is -2.30. The van der Waals surface area contributed by atoms with Crippen LogP contribution in [-0.4, -0.2) is 37.2 Å². The summed E-state index contributed by atoms with van der Waals surface area (Å²) in [4.78, 5) is 38.2. The van der Waals surface area contributed by atoms with Crippen LogP contribution in [0.1, 0.15) is 265 Å². The van der Waals surface area contributed by atoms with Crippen molar-refractivity contribution in [2.75, 3.05) is 13.2 Å². The zero-order valence-corrected chi connectivity index (χ0v) is 49.7. The highest BCUT2D eigenvalue weighted by Gasteiger charge is 2.19. The van der Waals surface area contributed by atoms with Gasteiger partial charge in [-0.1, -0.05) is 250 Å². The lowest BCUT2D eigenvalue weighted by molar-refractivity contribution is -0.167. The third-order valence-corrected chi connectivity index (χ3v) is 12.8. The van der Waals surface area contributed by atoms with Crippen LogP contribution in [0.5, 0.6) is 0 Å². The van der Waals surface area contributed by atoms with Gasteiger partial charge in [0.1, 0.15) is 13.2 Å². The van der Waals surface area contributed by atoms with Crippen LogP contribution in [0.2, 0.25) is 0 Å². The van der Waals surface area contributed by atoms with Gasteiger partial charge in [-0.2, -0.15) is 0 Å². The maximum Gasteiger partial charge on any atom is 0.306 e. The molecule has 0 heterocycles. The highest BCUT2D eigenvalue weighted by Crippen LogP contribution is 2.14. The van der Waals surface area contributed by atoms with Gasteiger partial charge in [0.15, 0.2) is 6.10 Å². The third kappa shape index (κ3) is 62.0. The molecular weight excluding hydrogens is 949 g/mol. The molecule has 0 amide bonds. The van der Waals surface area contributed by atoms with Crippen molar-refractivity contribution in [3.8, 4) is 0 Å². The van der Waals surface area contributed by atoms with Gasteiger partial charge in [0.05, 0.1) is 0 Å². The summed E-state index contributed by atoms with van der Waals surface area (Å²) in [5.41, 5.74) is 0. The Labute approximate surface area is 474 Å². The number of esters is 3. The number of hydrogen-bond donors (Lipinski definition) is 0. The molecule has 434 valence electrons. The first-order chi connectivity index (χ1) is 38.0. The van der Waals surface area contributed by atoms with Gasteiger partial charge in [-0.05, 0) is 141 Å². The van der Waals surface area contributed by atoms with Crippen LogP contribution in [0.15, 0.2) is 146 Å². The maximum absolute atomic E-state index is 12.8. The zero-order chi connectivity index (χ0) is 55.7. The van der Waals surface area contributed by atoms with E-state index in [1.165, 1.54) is 77.0 Å². The number of allylic oxidation sites excluding steroid dienone is 24. The standard InChI is InChI=1S/C71H114O6/c1-4-7-10-13-16-19-22-25-27-28-29-30-31-32-33-34-35-36-37-38-39-40-41-42-44-46-49-52-55-58-61-64-70(73)76-67-68(66-75-69(72)63-60-57-54-51-48-45-24-21-18-15-12-9-6-3)77-71(74)65-62-59-56-53-50-47-43-26-23-20-17-14-11-8-5-2/h7-8,10-11,16-17,19-21,24-27,29-30,32-33,35-36,38-39,43,50,53,68H,4-6,9,12-15,18,22-23,28,31,34,37,40-42,44-49,51-52,54-67H2,1-3H3/b10-7-,11-8-,19-16-,20-17-,24-21-,27-25-,30-29-,33-32-,36-35-,39-38-,43-26-,53-50-. The number of carbonyl (C=O) groups is 3. The summed E-state index contributed by atoms with van der Waals surface area (Å²) in [7, 11) is 0. The highest BCUT2D eigenvalue weighted by molar-refractivity contribution is 5.71. The van der Waals surface area contributed by atoms with E-state index in [1.54, 1.807) is 0 Å². The summed E-state index contributed by atoms with van der Waals surface area (Å²) in [6.07, 6.45) is 91.4. The van der Waals surface area contributed by atoms with Crippen LogP contribution in [-0.2, 0) is 28.6 Å². The smallest absolute Gasteiger partial charge is 0.306 e. The minimum absolute atomic E-state index is 0.105. The quantitative estimate of drug-likeness (QED) is 0.0261. The van der Waals surface area contributed by atoms with E-state index in [1.807, 2.05) is 0 Å². The van der Waals surface area contributed by atoms with Crippen molar-refractivity contribution in [1.29, 1.82) is 0 Å². The van der Waals surface area contributed by atoms with E-state index >= 15 is 0 Å². The number of unbranched alkanes of at least 4 members (excludes halogenated alkanes) is 20. The largest absolute Gasteiger partial charge is 0.462 e. The Morgan fingerprint density at radius 2 is 0.506 bits per heavy atom. The lowest BCUT2D eigenvalue weighted by Gasteiger charge is -2.18. The van der Waals surface area contributed by atoms with Gasteiger partial charge in [-0.3, -0.25) is 14.4 Å². The van der Waals surface area contributed by atoms with Crippen LogP contribution in [0, 0.1) is 0 Å². The normalized spacial score (nSPS) is 13.1. The molecule has 1 unspecified atom stereocenters.